The van der Waals surface area contributed by atoms with Crippen molar-refractivity contribution in [2.24, 2.45) is 0 Å². The van der Waals surface area contributed by atoms with Gasteiger partial charge in [-0.3, -0.25) is 9.59 Å². The third-order valence-corrected chi connectivity index (χ3v) is 3.57. The number of ketones is 2. The quantitative estimate of drug-likeness (QED) is 0.721. The van der Waals surface area contributed by atoms with Crippen molar-refractivity contribution >= 4 is 11.6 Å². The molecule has 2 rings (SSSR count). The summed E-state index contributed by atoms with van der Waals surface area (Å²) in [6.07, 6.45) is -5.43. The molecule has 1 heterocycles. The molecule has 2 aromatic rings. The Hall–Kier alpha value is -2.37. The van der Waals surface area contributed by atoms with Crippen molar-refractivity contribution in [1.29, 1.82) is 0 Å². The van der Waals surface area contributed by atoms with E-state index in [1.54, 1.807) is 25.1 Å². The molecule has 0 fully saturated rings. The van der Waals surface area contributed by atoms with Crippen molar-refractivity contribution in [2.75, 3.05) is 0 Å². The van der Waals surface area contributed by atoms with Crippen LogP contribution >= 0.6 is 0 Å². The number of Topliss-reactive ketones (excluding diaryl/α,β-unsaturated/α-hetero) is 2. The number of hydrogen-bond acceptors (Lipinski definition) is 3. The fourth-order valence-electron chi connectivity index (χ4n) is 2.42. The predicted molar refractivity (Wildman–Crippen MR) is 82.0 cm³/mol. The van der Waals surface area contributed by atoms with Gasteiger partial charge in [0, 0.05) is 12.0 Å². The van der Waals surface area contributed by atoms with Gasteiger partial charge in [-0.15, -0.1) is 0 Å². The second kappa shape index (κ2) is 7.03. The topological polar surface area (TPSA) is 47.3 Å². The highest BCUT2D eigenvalue weighted by atomic mass is 19.4. The summed E-state index contributed by atoms with van der Waals surface area (Å²) in [5, 5.41) is 0. The highest BCUT2D eigenvalue weighted by molar-refractivity contribution is 5.96. The third kappa shape index (κ3) is 4.57. The zero-order chi connectivity index (χ0) is 17.9. The minimum absolute atomic E-state index is 0.0730. The molecule has 1 aromatic heterocycles. The minimum atomic E-state index is -4.62. The van der Waals surface area contributed by atoms with Crippen molar-refractivity contribution in [3.63, 3.8) is 0 Å². The van der Waals surface area contributed by atoms with Crippen LogP contribution in [0.15, 0.2) is 40.8 Å². The van der Waals surface area contributed by atoms with Crippen molar-refractivity contribution in [1.82, 2.24) is 0 Å². The fourth-order valence-corrected chi connectivity index (χ4v) is 2.42. The van der Waals surface area contributed by atoms with E-state index in [2.05, 4.69) is 0 Å². The number of rotatable bonds is 6. The Morgan fingerprint density at radius 2 is 1.88 bits per heavy atom. The first-order valence-electron chi connectivity index (χ1n) is 7.41. The average molecular weight is 338 g/mol. The number of carbonyl (C=O) groups excluding carboxylic acids is 2. The van der Waals surface area contributed by atoms with Crippen LogP contribution in [-0.4, -0.2) is 17.7 Å². The lowest BCUT2D eigenvalue weighted by Crippen LogP contribution is -2.23. The lowest BCUT2D eigenvalue weighted by atomic mass is 9.95. The Kier molecular flexibility index (Phi) is 5.26. The van der Waals surface area contributed by atoms with Crippen LogP contribution in [0.4, 0.5) is 13.2 Å². The SMILES string of the molecule is CC(=O)Cc1ccc([C@H](CC(=O)c2cccc(C)c2)C(F)(F)F)o1. The second-order valence-electron chi connectivity index (χ2n) is 5.77. The monoisotopic (exact) mass is 338 g/mol. The minimum Gasteiger partial charge on any atom is -0.465 e. The van der Waals surface area contributed by atoms with Gasteiger partial charge in [0.25, 0.3) is 0 Å². The molecule has 0 aliphatic rings. The summed E-state index contributed by atoms with van der Waals surface area (Å²) in [6, 6.07) is 8.96. The van der Waals surface area contributed by atoms with E-state index in [4.69, 9.17) is 4.42 Å². The molecule has 0 amide bonds. The molecule has 0 N–H and O–H groups in total. The molecule has 0 aliphatic heterocycles. The average Bonchev–Trinajstić information content (AvgIpc) is 2.90. The molecule has 0 aliphatic carbocycles. The largest absolute Gasteiger partial charge is 0.465 e. The van der Waals surface area contributed by atoms with Crippen LogP contribution in [-0.2, 0) is 11.2 Å². The summed E-state index contributed by atoms with van der Waals surface area (Å²) in [4.78, 5) is 23.3. The highest BCUT2D eigenvalue weighted by Crippen LogP contribution is 2.39. The summed E-state index contributed by atoms with van der Waals surface area (Å²) >= 11 is 0. The summed E-state index contributed by atoms with van der Waals surface area (Å²) in [5.41, 5.74) is 1.03. The summed E-state index contributed by atoms with van der Waals surface area (Å²) in [5.74, 6) is -3.04. The Morgan fingerprint density at radius 3 is 2.46 bits per heavy atom. The third-order valence-electron chi connectivity index (χ3n) is 3.57. The van der Waals surface area contributed by atoms with Gasteiger partial charge in [-0.1, -0.05) is 23.8 Å². The van der Waals surface area contributed by atoms with Crippen LogP contribution in [0.2, 0.25) is 0 Å². The molecule has 6 heteroatoms. The first-order chi connectivity index (χ1) is 11.2. The zero-order valence-corrected chi connectivity index (χ0v) is 13.3. The van der Waals surface area contributed by atoms with Gasteiger partial charge in [-0.05, 0) is 32.0 Å². The van der Waals surface area contributed by atoms with E-state index in [-0.39, 0.29) is 29.3 Å². The van der Waals surface area contributed by atoms with Crippen LogP contribution in [0, 0.1) is 6.92 Å². The molecule has 0 saturated heterocycles. The molecule has 1 atom stereocenters. The van der Waals surface area contributed by atoms with Crippen LogP contribution in [0.25, 0.3) is 0 Å². The van der Waals surface area contributed by atoms with Crippen LogP contribution < -0.4 is 0 Å². The van der Waals surface area contributed by atoms with Gasteiger partial charge in [-0.2, -0.15) is 13.2 Å². The summed E-state index contributed by atoms with van der Waals surface area (Å²) in [7, 11) is 0. The Labute approximate surface area is 137 Å². The maximum Gasteiger partial charge on any atom is 0.399 e. The van der Waals surface area contributed by atoms with Gasteiger partial charge in [0.15, 0.2) is 5.78 Å². The molecule has 0 spiro atoms. The van der Waals surface area contributed by atoms with Gasteiger partial charge in [-0.25, -0.2) is 0 Å². The number of alkyl halides is 3. The number of halogens is 3. The first kappa shape index (κ1) is 18.0. The van der Waals surface area contributed by atoms with Crippen LogP contribution in [0.5, 0.6) is 0 Å². The van der Waals surface area contributed by atoms with E-state index in [0.29, 0.717) is 0 Å². The first-order valence-corrected chi connectivity index (χ1v) is 7.41. The van der Waals surface area contributed by atoms with Crippen molar-refractivity contribution < 1.29 is 27.2 Å². The molecule has 0 saturated carbocycles. The van der Waals surface area contributed by atoms with Crippen LogP contribution in [0.1, 0.15) is 46.7 Å². The number of benzene rings is 1. The summed E-state index contributed by atoms with van der Waals surface area (Å²) in [6.45, 7) is 3.09. The lowest BCUT2D eigenvalue weighted by molar-refractivity contribution is -0.153. The molecule has 1 aromatic carbocycles. The molecule has 0 radical (unpaired) electrons. The molecule has 0 bridgehead atoms. The molecule has 24 heavy (non-hydrogen) atoms. The van der Waals surface area contributed by atoms with Crippen LogP contribution in [0.3, 0.4) is 0 Å². The Morgan fingerprint density at radius 1 is 1.17 bits per heavy atom. The highest BCUT2D eigenvalue weighted by Gasteiger charge is 2.44. The summed E-state index contributed by atoms with van der Waals surface area (Å²) < 4.78 is 45.2. The van der Waals surface area contributed by atoms with Crippen molar-refractivity contribution in [3.8, 4) is 0 Å². The van der Waals surface area contributed by atoms with E-state index >= 15 is 0 Å². The van der Waals surface area contributed by atoms with E-state index in [1.165, 1.54) is 25.1 Å². The Bertz CT molecular complexity index is 744. The van der Waals surface area contributed by atoms with Gasteiger partial charge < -0.3 is 4.42 Å². The van der Waals surface area contributed by atoms with Crippen molar-refractivity contribution in [2.45, 2.75) is 38.8 Å². The number of furan rings is 1. The fraction of sp³-hybridized carbons (Fsp3) is 0.333. The number of aryl methyl sites for hydroxylation is 1. The van der Waals surface area contributed by atoms with E-state index in [1.807, 2.05) is 0 Å². The molecular weight excluding hydrogens is 321 g/mol. The maximum atomic E-state index is 13.4. The second-order valence-corrected chi connectivity index (χ2v) is 5.77. The molecular formula is C18H17F3O3. The van der Waals surface area contributed by atoms with E-state index in [0.717, 1.165) is 5.56 Å². The van der Waals surface area contributed by atoms with Gasteiger partial charge in [0.05, 0.1) is 6.42 Å². The lowest BCUT2D eigenvalue weighted by Gasteiger charge is -2.17. The molecule has 0 unspecified atom stereocenters. The molecule has 3 nitrogen and oxygen atoms in total. The number of hydrogen-bond donors (Lipinski definition) is 0. The Balaban J connectivity index is 2.24. The van der Waals surface area contributed by atoms with Gasteiger partial charge >= 0.3 is 6.18 Å². The molecule has 128 valence electrons. The smallest absolute Gasteiger partial charge is 0.399 e. The standard InChI is InChI=1S/C18H17F3O3/c1-11-4-3-5-13(8-11)16(23)10-15(18(19,20)21)17-7-6-14(24-17)9-12(2)22/h3-8,15H,9-10H2,1-2H3/t15-/m0/s1. The normalized spacial score (nSPS) is 12.9. The predicted octanol–water partition coefficient (Wildman–Crippen LogP) is 4.64. The van der Waals surface area contributed by atoms with Gasteiger partial charge in [0.1, 0.15) is 23.2 Å². The van der Waals surface area contributed by atoms with E-state index < -0.39 is 24.3 Å². The zero-order valence-electron chi connectivity index (χ0n) is 13.3. The van der Waals surface area contributed by atoms with Gasteiger partial charge in [0.2, 0.25) is 0 Å². The maximum absolute atomic E-state index is 13.4. The van der Waals surface area contributed by atoms with Crippen molar-refractivity contribution in [3.05, 3.63) is 59.0 Å². The van der Waals surface area contributed by atoms with E-state index in [9.17, 15) is 22.8 Å². The number of carbonyl (C=O) groups is 2.